The number of amides is 1. The van der Waals surface area contributed by atoms with E-state index in [4.69, 9.17) is 4.74 Å². The molecular formula is C20H27N3O3. The fourth-order valence-electron chi connectivity index (χ4n) is 3.32. The first-order valence-electron chi connectivity index (χ1n) is 9.13. The minimum atomic E-state index is -1.00. The van der Waals surface area contributed by atoms with E-state index in [9.17, 15) is 9.90 Å². The smallest absolute Gasteiger partial charge is 0.224 e. The van der Waals surface area contributed by atoms with Crippen LogP contribution in [0.25, 0.3) is 0 Å². The second-order valence-corrected chi connectivity index (χ2v) is 7.22. The van der Waals surface area contributed by atoms with Crippen LogP contribution in [0.1, 0.15) is 30.5 Å². The van der Waals surface area contributed by atoms with Crippen molar-refractivity contribution in [2.45, 2.75) is 45.3 Å². The van der Waals surface area contributed by atoms with Gasteiger partial charge in [-0.25, -0.2) is 0 Å². The lowest BCUT2D eigenvalue weighted by atomic mass is 9.93. The highest BCUT2D eigenvalue weighted by molar-refractivity contribution is 5.76. The molecule has 1 saturated heterocycles. The number of rotatable bonds is 6. The van der Waals surface area contributed by atoms with Gasteiger partial charge in [0, 0.05) is 25.7 Å². The normalized spacial score (nSPS) is 20.2. The molecule has 26 heavy (non-hydrogen) atoms. The van der Waals surface area contributed by atoms with Crippen LogP contribution in [0.2, 0.25) is 0 Å². The number of hydrogen-bond donors (Lipinski definition) is 1. The molecule has 0 radical (unpaired) electrons. The van der Waals surface area contributed by atoms with Crippen LogP contribution in [0, 0.1) is 13.8 Å². The zero-order valence-electron chi connectivity index (χ0n) is 15.5. The SMILES string of the molecule is Cc1cccc(OC[C@]2(O)CCCN(C(=O)CCn3ccc(C)n3)C2)c1. The summed E-state index contributed by atoms with van der Waals surface area (Å²) in [7, 11) is 0. The third-order valence-electron chi connectivity index (χ3n) is 4.73. The van der Waals surface area contributed by atoms with Crippen LogP contribution >= 0.6 is 0 Å². The zero-order chi connectivity index (χ0) is 18.6. The van der Waals surface area contributed by atoms with Crippen LogP contribution in [0.5, 0.6) is 5.75 Å². The Bertz CT molecular complexity index is 758. The Balaban J connectivity index is 1.52. The quantitative estimate of drug-likeness (QED) is 0.862. The molecule has 2 heterocycles. The van der Waals surface area contributed by atoms with E-state index >= 15 is 0 Å². The molecule has 140 valence electrons. The maximum Gasteiger partial charge on any atom is 0.224 e. The van der Waals surface area contributed by atoms with Gasteiger partial charge in [0.1, 0.15) is 18.0 Å². The lowest BCUT2D eigenvalue weighted by Gasteiger charge is -2.39. The molecule has 1 aliphatic rings. The number of nitrogens with zero attached hydrogens (tertiary/aromatic N) is 3. The number of likely N-dealkylation sites (tertiary alicyclic amines) is 1. The number of hydrogen-bond acceptors (Lipinski definition) is 4. The Hall–Kier alpha value is -2.34. The van der Waals surface area contributed by atoms with Gasteiger partial charge in [0.2, 0.25) is 5.91 Å². The van der Waals surface area contributed by atoms with Gasteiger partial charge in [-0.15, -0.1) is 0 Å². The first-order valence-corrected chi connectivity index (χ1v) is 9.13. The van der Waals surface area contributed by atoms with Gasteiger partial charge >= 0.3 is 0 Å². The summed E-state index contributed by atoms with van der Waals surface area (Å²) in [5.74, 6) is 0.794. The largest absolute Gasteiger partial charge is 0.491 e. The maximum atomic E-state index is 12.5. The Morgan fingerprint density at radius 3 is 2.92 bits per heavy atom. The van der Waals surface area contributed by atoms with Gasteiger partial charge in [0.15, 0.2) is 0 Å². The van der Waals surface area contributed by atoms with Gasteiger partial charge < -0.3 is 14.7 Å². The molecule has 1 aliphatic heterocycles. The summed E-state index contributed by atoms with van der Waals surface area (Å²) < 4.78 is 7.57. The molecule has 0 bridgehead atoms. The molecule has 0 unspecified atom stereocenters. The van der Waals surface area contributed by atoms with Gasteiger partial charge in [-0.2, -0.15) is 5.10 Å². The third kappa shape index (κ3) is 4.85. The molecule has 1 fully saturated rings. The van der Waals surface area contributed by atoms with Crippen molar-refractivity contribution in [3.63, 3.8) is 0 Å². The summed E-state index contributed by atoms with van der Waals surface area (Å²) in [6, 6.07) is 9.69. The molecule has 1 aromatic heterocycles. The molecule has 3 rings (SSSR count). The van der Waals surface area contributed by atoms with Gasteiger partial charge in [-0.3, -0.25) is 9.48 Å². The summed E-state index contributed by atoms with van der Waals surface area (Å²) >= 11 is 0. The van der Waals surface area contributed by atoms with E-state index in [1.807, 2.05) is 50.4 Å². The molecule has 1 aromatic carbocycles. The Morgan fingerprint density at radius 2 is 2.19 bits per heavy atom. The fourth-order valence-corrected chi connectivity index (χ4v) is 3.32. The predicted molar refractivity (Wildman–Crippen MR) is 99.0 cm³/mol. The highest BCUT2D eigenvalue weighted by Gasteiger charge is 2.35. The van der Waals surface area contributed by atoms with Crippen molar-refractivity contribution in [1.29, 1.82) is 0 Å². The van der Waals surface area contributed by atoms with E-state index in [0.717, 1.165) is 23.4 Å². The average Bonchev–Trinajstić information content (AvgIpc) is 3.03. The van der Waals surface area contributed by atoms with Crippen LogP contribution < -0.4 is 4.74 Å². The molecular weight excluding hydrogens is 330 g/mol. The van der Waals surface area contributed by atoms with Crippen LogP contribution in [0.3, 0.4) is 0 Å². The van der Waals surface area contributed by atoms with Crippen LogP contribution in [-0.2, 0) is 11.3 Å². The first-order chi connectivity index (χ1) is 12.4. The summed E-state index contributed by atoms with van der Waals surface area (Å²) in [4.78, 5) is 14.3. The Morgan fingerprint density at radius 1 is 1.35 bits per heavy atom. The zero-order valence-corrected chi connectivity index (χ0v) is 15.5. The summed E-state index contributed by atoms with van der Waals surface area (Å²) in [5, 5.41) is 15.2. The molecule has 6 nitrogen and oxygen atoms in total. The monoisotopic (exact) mass is 357 g/mol. The van der Waals surface area contributed by atoms with Crippen molar-refractivity contribution in [1.82, 2.24) is 14.7 Å². The number of piperidine rings is 1. The predicted octanol–water partition coefficient (Wildman–Crippen LogP) is 2.32. The van der Waals surface area contributed by atoms with Crippen LogP contribution in [0.4, 0.5) is 0 Å². The maximum absolute atomic E-state index is 12.5. The molecule has 1 atom stereocenters. The van der Waals surface area contributed by atoms with Crippen molar-refractivity contribution in [3.8, 4) is 5.75 Å². The highest BCUT2D eigenvalue weighted by Crippen LogP contribution is 2.24. The van der Waals surface area contributed by atoms with E-state index in [-0.39, 0.29) is 12.5 Å². The number of aliphatic hydroxyl groups is 1. The molecule has 0 saturated carbocycles. The fraction of sp³-hybridized carbons (Fsp3) is 0.500. The molecule has 6 heteroatoms. The van der Waals surface area contributed by atoms with Crippen molar-refractivity contribution < 1.29 is 14.6 Å². The number of β-amino-alcohol motifs (C(OH)–C–C–N with tert-alkyl or cyclic N) is 1. The number of benzene rings is 1. The van der Waals surface area contributed by atoms with E-state index in [0.29, 0.717) is 32.5 Å². The Kier molecular flexibility index (Phi) is 5.61. The second kappa shape index (κ2) is 7.91. The van der Waals surface area contributed by atoms with Gasteiger partial charge in [0.05, 0.1) is 12.2 Å². The number of aryl methyl sites for hydroxylation is 3. The molecule has 1 N–H and O–H groups in total. The topological polar surface area (TPSA) is 67.6 Å². The van der Waals surface area contributed by atoms with Crippen molar-refractivity contribution in [2.75, 3.05) is 19.7 Å². The first kappa shape index (κ1) is 18.5. The van der Waals surface area contributed by atoms with Crippen molar-refractivity contribution in [2.24, 2.45) is 0 Å². The summed E-state index contributed by atoms with van der Waals surface area (Å²) in [6.45, 7) is 5.68. The van der Waals surface area contributed by atoms with E-state index < -0.39 is 5.60 Å². The number of carbonyl (C=O) groups is 1. The summed E-state index contributed by atoms with van der Waals surface area (Å²) in [6.07, 6.45) is 3.68. The van der Waals surface area contributed by atoms with E-state index in [2.05, 4.69) is 5.10 Å². The number of carbonyl (C=O) groups excluding carboxylic acids is 1. The van der Waals surface area contributed by atoms with Gasteiger partial charge in [-0.1, -0.05) is 12.1 Å². The summed E-state index contributed by atoms with van der Waals surface area (Å²) in [5.41, 5.74) is 1.06. The minimum absolute atomic E-state index is 0.0480. The van der Waals surface area contributed by atoms with Crippen molar-refractivity contribution >= 4 is 5.91 Å². The molecule has 1 amide bonds. The number of aromatic nitrogens is 2. The third-order valence-corrected chi connectivity index (χ3v) is 4.73. The minimum Gasteiger partial charge on any atom is -0.491 e. The van der Waals surface area contributed by atoms with E-state index in [1.165, 1.54) is 0 Å². The lowest BCUT2D eigenvalue weighted by molar-refractivity contribution is -0.140. The van der Waals surface area contributed by atoms with E-state index in [1.54, 1.807) is 9.58 Å². The molecule has 0 spiro atoms. The van der Waals surface area contributed by atoms with Crippen molar-refractivity contribution in [3.05, 3.63) is 47.8 Å². The van der Waals surface area contributed by atoms with Crippen LogP contribution in [0.15, 0.2) is 36.5 Å². The lowest BCUT2D eigenvalue weighted by Crippen LogP contribution is -2.53. The van der Waals surface area contributed by atoms with Gasteiger partial charge in [0.25, 0.3) is 0 Å². The second-order valence-electron chi connectivity index (χ2n) is 7.22. The number of ether oxygens (including phenoxy) is 1. The molecule has 2 aromatic rings. The van der Waals surface area contributed by atoms with Crippen LogP contribution in [-0.4, -0.2) is 51.0 Å². The molecule has 0 aliphatic carbocycles. The standard InChI is InChI=1S/C20H27N3O3/c1-16-5-3-6-18(13-16)26-15-20(25)9-4-10-22(14-20)19(24)8-12-23-11-7-17(2)21-23/h3,5-7,11,13,25H,4,8-10,12,14-15H2,1-2H3/t20-/m0/s1. The highest BCUT2D eigenvalue weighted by atomic mass is 16.5. The average molecular weight is 357 g/mol. The van der Waals surface area contributed by atoms with Gasteiger partial charge in [-0.05, 0) is 50.5 Å². The Labute approximate surface area is 154 Å².